The number of likely N-dealkylation sites (tertiary alicyclic amines) is 1. The maximum atomic E-state index is 12.5. The van der Waals surface area contributed by atoms with Crippen LogP contribution in [0.3, 0.4) is 0 Å². The number of anilines is 1. The fourth-order valence-corrected chi connectivity index (χ4v) is 4.13. The van der Waals surface area contributed by atoms with Gasteiger partial charge in [-0.2, -0.15) is 0 Å². The molecule has 2 aromatic carbocycles. The highest BCUT2D eigenvalue weighted by Gasteiger charge is 2.40. The molecule has 0 atom stereocenters. The van der Waals surface area contributed by atoms with E-state index in [4.69, 9.17) is 4.74 Å². The first-order valence-electron chi connectivity index (χ1n) is 7.49. The Labute approximate surface area is 141 Å². The lowest BCUT2D eigenvalue weighted by atomic mass is 10.2. The number of nitrogens with zero attached hydrogens (tertiary/aromatic N) is 1. The van der Waals surface area contributed by atoms with E-state index in [9.17, 15) is 13.2 Å². The largest absolute Gasteiger partial charge is 0.497 e. The van der Waals surface area contributed by atoms with Crippen molar-refractivity contribution in [3.63, 3.8) is 0 Å². The molecule has 0 bridgehead atoms. The number of hydrogen-bond donors (Lipinski definition) is 1. The molecule has 1 saturated heterocycles. The van der Waals surface area contributed by atoms with Crippen LogP contribution in [-0.2, 0) is 9.84 Å². The van der Waals surface area contributed by atoms with E-state index in [0.29, 0.717) is 11.4 Å². The van der Waals surface area contributed by atoms with Crippen LogP contribution in [0.4, 0.5) is 10.5 Å². The number of methoxy groups -OCH3 is 1. The lowest BCUT2D eigenvalue weighted by Crippen LogP contribution is -2.58. The Morgan fingerprint density at radius 2 is 1.71 bits per heavy atom. The van der Waals surface area contributed by atoms with E-state index in [-0.39, 0.29) is 24.0 Å². The summed E-state index contributed by atoms with van der Waals surface area (Å²) in [5.74, 6) is 0.603. The minimum atomic E-state index is -3.44. The van der Waals surface area contributed by atoms with E-state index in [2.05, 4.69) is 5.32 Å². The summed E-state index contributed by atoms with van der Waals surface area (Å²) in [6, 6.07) is 15.1. The Balaban J connectivity index is 1.61. The van der Waals surface area contributed by atoms with Gasteiger partial charge >= 0.3 is 6.03 Å². The van der Waals surface area contributed by atoms with Crippen LogP contribution >= 0.6 is 0 Å². The number of hydrogen-bond acceptors (Lipinski definition) is 4. The molecule has 0 aliphatic carbocycles. The molecule has 0 saturated carbocycles. The molecule has 2 amide bonds. The third-order valence-corrected chi connectivity index (χ3v) is 6.09. The third-order valence-electron chi connectivity index (χ3n) is 3.99. The first-order valence-corrected chi connectivity index (χ1v) is 9.04. The quantitative estimate of drug-likeness (QED) is 0.922. The van der Waals surface area contributed by atoms with Crippen molar-refractivity contribution >= 4 is 21.6 Å². The van der Waals surface area contributed by atoms with Gasteiger partial charge in [-0.1, -0.05) is 18.2 Å². The zero-order valence-corrected chi connectivity index (χ0v) is 14.0. The van der Waals surface area contributed by atoms with Gasteiger partial charge in [-0.05, 0) is 36.4 Å². The Morgan fingerprint density at radius 3 is 2.29 bits per heavy atom. The average Bonchev–Trinajstić information content (AvgIpc) is 2.54. The van der Waals surface area contributed by atoms with Crippen LogP contribution in [-0.4, -0.2) is 44.8 Å². The van der Waals surface area contributed by atoms with Crippen LogP contribution in [0.25, 0.3) is 0 Å². The smallest absolute Gasteiger partial charge is 0.321 e. The summed E-state index contributed by atoms with van der Waals surface area (Å²) in [7, 11) is -1.92. The van der Waals surface area contributed by atoms with E-state index < -0.39 is 15.1 Å². The van der Waals surface area contributed by atoms with E-state index in [1.165, 1.54) is 24.1 Å². The number of sulfone groups is 1. The molecule has 1 aliphatic rings. The van der Waals surface area contributed by atoms with Crippen LogP contribution in [0.5, 0.6) is 5.75 Å². The van der Waals surface area contributed by atoms with E-state index in [0.717, 1.165) is 0 Å². The molecule has 0 aromatic heterocycles. The van der Waals surface area contributed by atoms with E-state index >= 15 is 0 Å². The van der Waals surface area contributed by atoms with Crippen LogP contribution in [0.2, 0.25) is 0 Å². The summed E-state index contributed by atoms with van der Waals surface area (Å²) < 4.78 is 30.1. The molecule has 2 aromatic rings. The molecular formula is C17H18N2O4S. The molecule has 1 N–H and O–H groups in total. The molecule has 1 aliphatic heterocycles. The van der Waals surface area contributed by atoms with Crippen LogP contribution in [0.1, 0.15) is 0 Å². The van der Waals surface area contributed by atoms with Gasteiger partial charge in [0.1, 0.15) is 11.0 Å². The summed E-state index contributed by atoms with van der Waals surface area (Å²) >= 11 is 0. The van der Waals surface area contributed by atoms with Gasteiger partial charge in [-0.25, -0.2) is 13.2 Å². The highest BCUT2D eigenvalue weighted by molar-refractivity contribution is 7.92. The molecule has 7 heteroatoms. The zero-order chi connectivity index (χ0) is 17.2. The predicted molar refractivity (Wildman–Crippen MR) is 91.0 cm³/mol. The van der Waals surface area contributed by atoms with Gasteiger partial charge in [-0.3, -0.25) is 0 Å². The number of nitrogens with one attached hydrogen (secondary N) is 1. The number of rotatable bonds is 4. The molecular weight excluding hydrogens is 328 g/mol. The second-order valence-corrected chi connectivity index (χ2v) is 7.77. The number of carbonyl (C=O) groups excluding carboxylic acids is 1. The van der Waals surface area contributed by atoms with E-state index in [1.54, 1.807) is 24.3 Å². The number of urea groups is 1. The van der Waals surface area contributed by atoms with Crippen molar-refractivity contribution in [1.29, 1.82) is 0 Å². The fourth-order valence-electron chi connectivity index (χ4n) is 2.48. The van der Waals surface area contributed by atoms with Crippen molar-refractivity contribution in [2.45, 2.75) is 10.1 Å². The Bertz CT molecular complexity index is 813. The molecule has 0 radical (unpaired) electrons. The standard InChI is InChI=1S/C17H18N2O4S/c1-23-14-7-9-15(10-8-14)24(21,22)16-11-19(12-16)17(20)18-13-5-3-2-4-6-13/h2-10,16H,11-12H2,1H3,(H,18,20). The lowest BCUT2D eigenvalue weighted by Gasteiger charge is -2.38. The molecule has 126 valence electrons. The topological polar surface area (TPSA) is 75.7 Å². The number of para-hydroxylation sites is 1. The minimum Gasteiger partial charge on any atom is -0.497 e. The zero-order valence-electron chi connectivity index (χ0n) is 13.2. The van der Waals surface area contributed by atoms with Crippen molar-refractivity contribution in [1.82, 2.24) is 4.90 Å². The van der Waals surface area contributed by atoms with Crippen molar-refractivity contribution in [3.05, 3.63) is 54.6 Å². The first kappa shape index (κ1) is 16.3. The van der Waals surface area contributed by atoms with Gasteiger partial charge in [0.15, 0.2) is 9.84 Å². The maximum absolute atomic E-state index is 12.5. The number of carbonyl (C=O) groups is 1. The molecule has 24 heavy (non-hydrogen) atoms. The number of ether oxygens (including phenoxy) is 1. The van der Waals surface area contributed by atoms with Crippen LogP contribution in [0, 0.1) is 0 Å². The molecule has 0 spiro atoms. The Kier molecular flexibility index (Phi) is 4.44. The maximum Gasteiger partial charge on any atom is 0.321 e. The molecule has 3 rings (SSSR count). The highest BCUT2D eigenvalue weighted by Crippen LogP contribution is 2.25. The second kappa shape index (κ2) is 6.52. The third kappa shape index (κ3) is 3.21. The number of amides is 2. The van der Waals surface area contributed by atoms with Crippen LogP contribution in [0.15, 0.2) is 59.5 Å². The Hall–Kier alpha value is -2.54. The number of benzene rings is 2. The summed E-state index contributed by atoms with van der Waals surface area (Å²) in [5.41, 5.74) is 0.684. The Morgan fingerprint density at radius 1 is 1.08 bits per heavy atom. The highest BCUT2D eigenvalue weighted by atomic mass is 32.2. The molecule has 0 unspecified atom stereocenters. The average molecular weight is 346 g/mol. The van der Waals surface area contributed by atoms with Gasteiger partial charge < -0.3 is 15.0 Å². The molecule has 1 fully saturated rings. The molecule has 6 nitrogen and oxygen atoms in total. The normalized spacial score (nSPS) is 14.8. The summed E-state index contributed by atoms with van der Waals surface area (Å²) in [4.78, 5) is 13.8. The SMILES string of the molecule is COc1ccc(S(=O)(=O)C2CN(C(=O)Nc3ccccc3)C2)cc1. The van der Waals surface area contributed by atoms with Gasteiger partial charge in [-0.15, -0.1) is 0 Å². The van der Waals surface area contributed by atoms with Crippen molar-refractivity contribution in [3.8, 4) is 5.75 Å². The minimum absolute atomic E-state index is 0.188. The summed E-state index contributed by atoms with van der Waals surface area (Å²) in [6.45, 7) is 0.375. The van der Waals surface area contributed by atoms with Gasteiger partial charge in [0.25, 0.3) is 0 Å². The van der Waals surface area contributed by atoms with Crippen molar-refractivity contribution in [2.75, 3.05) is 25.5 Å². The van der Waals surface area contributed by atoms with Crippen LogP contribution < -0.4 is 10.1 Å². The van der Waals surface area contributed by atoms with Gasteiger partial charge in [0, 0.05) is 18.8 Å². The molecule has 1 heterocycles. The van der Waals surface area contributed by atoms with Gasteiger partial charge in [0.05, 0.1) is 12.0 Å². The first-order chi connectivity index (χ1) is 11.5. The van der Waals surface area contributed by atoms with Gasteiger partial charge in [0.2, 0.25) is 0 Å². The van der Waals surface area contributed by atoms with Crippen molar-refractivity contribution < 1.29 is 17.9 Å². The lowest BCUT2D eigenvalue weighted by molar-refractivity contribution is 0.182. The fraction of sp³-hybridized carbons (Fsp3) is 0.235. The van der Waals surface area contributed by atoms with E-state index in [1.807, 2.05) is 18.2 Å². The second-order valence-electron chi connectivity index (χ2n) is 5.54. The van der Waals surface area contributed by atoms with Crippen molar-refractivity contribution in [2.24, 2.45) is 0 Å². The predicted octanol–water partition coefficient (Wildman–Crippen LogP) is 2.39. The summed E-state index contributed by atoms with van der Waals surface area (Å²) in [6.07, 6.45) is 0. The monoisotopic (exact) mass is 346 g/mol. The summed E-state index contributed by atoms with van der Waals surface area (Å²) in [5, 5.41) is 2.17.